The van der Waals surface area contributed by atoms with Gasteiger partial charge in [0.25, 0.3) is 0 Å². The van der Waals surface area contributed by atoms with Gasteiger partial charge >= 0.3 is 0 Å². The Hall–Kier alpha value is -3.81. The molecule has 0 spiro atoms. The maximum Gasteiger partial charge on any atom is 0.167 e. The van der Waals surface area contributed by atoms with Crippen LogP contribution < -0.4 is 4.74 Å². The zero-order chi connectivity index (χ0) is 36.3. The number of benzene rings is 3. The van der Waals surface area contributed by atoms with Gasteiger partial charge in [-0.15, -0.1) is 0 Å². The molecule has 0 bridgehead atoms. The number of phenols is 1. The van der Waals surface area contributed by atoms with Gasteiger partial charge in [0.15, 0.2) is 17.5 Å². The first kappa shape index (κ1) is 40.6. The Morgan fingerprint density at radius 3 is 1.52 bits per heavy atom. The largest absolute Gasteiger partial charge is 0.507 e. The normalized spacial score (nSPS) is 11.6. The third kappa shape index (κ3) is 13.1. The predicted molar refractivity (Wildman–Crippen MR) is 207 cm³/mol. The predicted octanol–water partition coefficient (Wildman–Crippen LogP) is 10.9. The van der Waals surface area contributed by atoms with Gasteiger partial charge in [0.2, 0.25) is 0 Å². The molecular weight excluding hydrogens is 622 g/mol. The minimum atomic E-state index is -0.760. The van der Waals surface area contributed by atoms with Crippen LogP contribution in [0.5, 0.6) is 11.5 Å². The van der Waals surface area contributed by atoms with Crippen molar-refractivity contribution in [3.05, 3.63) is 76.9 Å². The lowest BCUT2D eigenvalue weighted by Gasteiger charge is -2.14. The lowest BCUT2D eigenvalue weighted by Crippen LogP contribution is -2.23. The highest BCUT2D eigenvalue weighted by Crippen LogP contribution is 2.34. The van der Waals surface area contributed by atoms with Crippen molar-refractivity contribution in [2.45, 2.75) is 125 Å². The molecular formula is C43H61N3O4. The van der Waals surface area contributed by atoms with Gasteiger partial charge in [0.05, 0.1) is 12.2 Å². The van der Waals surface area contributed by atoms with E-state index < -0.39 is 6.10 Å². The number of ether oxygens (including phenoxy) is 2. The SMILES string of the molecule is CC.CCCCCCCCCCCCCOCC(O)COc1ccc(-c2nc(-c3ccc(C)cc3C)nc(-c3ccc(C)cc3C)n2)c(O)c1. The Morgan fingerprint density at radius 2 is 1.04 bits per heavy atom. The molecule has 50 heavy (non-hydrogen) atoms. The van der Waals surface area contributed by atoms with Crippen molar-refractivity contribution >= 4 is 0 Å². The number of aliphatic hydroxyl groups excluding tert-OH is 1. The summed E-state index contributed by atoms with van der Waals surface area (Å²) in [6.07, 6.45) is 13.4. The summed E-state index contributed by atoms with van der Waals surface area (Å²) in [7, 11) is 0. The van der Waals surface area contributed by atoms with E-state index in [1.165, 1.54) is 63.9 Å². The minimum absolute atomic E-state index is 0.0147. The number of hydrogen-bond acceptors (Lipinski definition) is 7. The summed E-state index contributed by atoms with van der Waals surface area (Å²) >= 11 is 0. The molecule has 1 atom stereocenters. The Kier molecular flexibility index (Phi) is 18.0. The zero-order valence-electron chi connectivity index (χ0n) is 31.7. The van der Waals surface area contributed by atoms with Crippen molar-refractivity contribution in [2.75, 3.05) is 19.8 Å². The molecule has 272 valence electrons. The molecule has 0 aliphatic rings. The summed E-state index contributed by atoms with van der Waals surface area (Å²) in [6, 6.07) is 17.4. The molecule has 7 nitrogen and oxygen atoms in total. The first-order valence-electron chi connectivity index (χ1n) is 18.9. The van der Waals surface area contributed by atoms with E-state index in [4.69, 9.17) is 24.4 Å². The number of rotatable bonds is 20. The first-order chi connectivity index (χ1) is 24.2. The van der Waals surface area contributed by atoms with E-state index in [0.717, 1.165) is 46.2 Å². The lowest BCUT2D eigenvalue weighted by molar-refractivity contribution is 0.0109. The summed E-state index contributed by atoms with van der Waals surface area (Å²) in [4.78, 5) is 14.5. The van der Waals surface area contributed by atoms with Crippen molar-refractivity contribution in [1.29, 1.82) is 0 Å². The van der Waals surface area contributed by atoms with Crippen molar-refractivity contribution in [3.63, 3.8) is 0 Å². The smallest absolute Gasteiger partial charge is 0.167 e. The van der Waals surface area contributed by atoms with Gasteiger partial charge in [-0.3, -0.25) is 0 Å². The van der Waals surface area contributed by atoms with Crippen LogP contribution in [0.25, 0.3) is 34.2 Å². The van der Waals surface area contributed by atoms with Crippen LogP contribution in [0.4, 0.5) is 0 Å². The molecule has 0 aliphatic carbocycles. The number of aliphatic hydroxyl groups is 1. The third-order valence-electron chi connectivity index (χ3n) is 8.74. The van der Waals surface area contributed by atoms with Crippen LogP contribution in [0, 0.1) is 27.7 Å². The van der Waals surface area contributed by atoms with Crippen molar-refractivity contribution < 1.29 is 19.7 Å². The monoisotopic (exact) mass is 683 g/mol. The third-order valence-corrected chi connectivity index (χ3v) is 8.74. The summed E-state index contributed by atoms with van der Waals surface area (Å²) in [6.45, 7) is 15.4. The summed E-state index contributed by atoms with van der Waals surface area (Å²) < 4.78 is 11.5. The van der Waals surface area contributed by atoms with Crippen LogP contribution in [0.15, 0.2) is 54.6 Å². The number of nitrogens with zero attached hydrogens (tertiary/aromatic N) is 3. The number of unbranched alkanes of at least 4 members (excludes halogenated alkanes) is 10. The number of phenolic OH excluding ortho intramolecular Hbond substituents is 1. The van der Waals surface area contributed by atoms with Gasteiger partial charge in [0, 0.05) is 23.8 Å². The van der Waals surface area contributed by atoms with Crippen molar-refractivity contribution in [1.82, 2.24) is 15.0 Å². The maximum atomic E-state index is 11.1. The van der Waals surface area contributed by atoms with Crippen LogP contribution in [0.3, 0.4) is 0 Å². The highest BCUT2D eigenvalue weighted by Gasteiger charge is 2.18. The van der Waals surface area contributed by atoms with Crippen LogP contribution in [0.2, 0.25) is 0 Å². The van der Waals surface area contributed by atoms with E-state index in [-0.39, 0.29) is 19.0 Å². The number of aryl methyl sites for hydroxylation is 4. The van der Waals surface area contributed by atoms with Gasteiger partial charge in [-0.2, -0.15) is 0 Å². The van der Waals surface area contributed by atoms with E-state index in [2.05, 4.69) is 32.9 Å². The highest BCUT2D eigenvalue weighted by molar-refractivity contribution is 5.72. The molecule has 0 aliphatic heterocycles. The fraction of sp³-hybridized carbons (Fsp3) is 0.512. The van der Waals surface area contributed by atoms with E-state index in [0.29, 0.717) is 35.4 Å². The van der Waals surface area contributed by atoms with Gasteiger partial charge in [-0.05, 0) is 57.4 Å². The Morgan fingerprint density at radius 1 is 0.580 bits per heavy atom. The van der Waals surface area contributed by atoms with Gasteiger partial charge in [-0.25, -0.2) is 15.0 Å². The number of aromatic nitrogens is 3. The van der Waals surface area contributed by atoms with Crippen LogP contribution in [-0.2, 0) is 4.74 Å². The average Bonchev–Trinajstić information content (AvgIpc) is 3.10. The first-order valence-corrected chi connectivity index (χ1v) is 18.9. The van der Waals surface area contributed by atoms with Crippen LogP contribution >= 0.6 is 0 Å². The molecule has 2 N–H and O–H groups in total. The Bertz CT molecular complexity index is 1520. The molecule has 3 aromatic carbocycles. The Labute approximate surface area is 301 Å². The van der Waals surface area contributed by atoms with Gasteiger partial charge in [0.1, 0.15) is 24.2 Å². The average molecular weight is 684 g/mol. The molecule has 0 saturated carbocycles. The lowest BCUT2D eigenvalue weighted by atomic mass is 10.0. The molecule has 1 unspecified atom stereocenters. The molecule has 4 rings (SSSR count). The molecule has 0 fully saturated rings. The molecule has 0 amide bonds. The summed E-state index contributed by atoms with van der Waals surface area (Å²) in [5.74, 6) is 1.89. The molecule has 1 heterocycles. The van der Waals surface area contributed by atoms with E-state index >= 15 is 0 Å². The van der Waals surface area contributed by atoms with E-state index in [9.17, 15) is 10.2 Å². The quantitative estimate of drug-likeness (QED) is 0.0895. The van der Waals surface area contributed by atoms with E-state index in [1.54, 1.807) is 12.1 Å². The number of hydrogen-bond donors (Lipinski definition) is 2. The molecule has 1 aromatic heterocycles. The maximum absolute atomic E-state index is 11.1. The summed E-state index contributed by atoms with van der Waals surface area (Å²) in [5.41, 5.74) is 6.74. The second-order valence-electron chi connectivity index (χ2n) is 13.2. The zero-order valence-corrected chi connectivity index (χ0v) is 31.7. The molecule has 0 radical (unpaired) electrons. The molecule has 4 aromatic rings. The van der Waals surface area contributed by atoms with Gasteiger partial charge in [-0.1, -0.05) is 133 Å². The second-order valence-corrected chi connectivity index (χ2v) is 13.2. The van der Waals surface area contributed by atoms with Gasteiger partial charge < -0.3 is 19.7 Å². The molecule has 0 saturated heterocycles. The Balaban J connectivity index is 0.00000332. The fourth-order valence-corrected chi connectivity index (χ4v) is 5.98. The molecule has 7 heteroatoms. The topological polar surface area (TPSA) is 97.6 Å². The van der Waals surface area contributed by atoms with Crippen molar-refractivity contribution in [3.8, 4) is 45.7 Å². The summed E-state index contributed by atoms with van der Waals surface area (Å²) in [5, 5.41) is 21.5. The fourth-order valence-electron chi connectivity index (χ4n) is 5.98. The highest BCUT2D eigenvalue weighted by atomic mass is 16.5. The van der Waals surface area contributed by atoms with Crippen LogP contribution in [-0.4, -0.2) is 51.1 Å². The van der Waals surface area contributed by atoms with Crippen LogP contribution in [0.1, 0.15) is 114 Å². The standard InChI is InChI=1S/C41H55N3O4.C2H6/c1-6-7-8-9-10-11-12-13-14-15-16-23-47-27-33(45)28-48-34-19-22-37(38(46)26-34)41-43-39(35-20-17-29(2)24-31(35)4)42-40(44-41)36-21-18-30(3)25-32(36)5;1-2/h17-22,24-26,33,45-46H,6-16,23,27-28H2,1-5H3;1-2H3. The van der Waals surface area contributed by atoms with E-state index in [1.807, 2.05) is 52.0 Å². The minimum Gasteiger partial charge on any atom is -0.507 e. The second kappa shape index (κ2) is 22.1. The van der Waals surface area contributed by atoms with Crippen molar-refractivity contribution in [2.24, 2.45) is 0 Å². The number of aromatic hydroxyl groups is 1.